The molecule has 0 saturated carbocycles. The molecule has 25 heavy (non-hydrogen) atoms. The van der Waals surface area contributed by atoms with Crippen molar-refractivity contribution in [3.05, 3.63) is 29.8 Å². The van der Waals surface area contributed by atoms with Gasteiger partial charge in [-0.15, -0.1) is 12.4 Å². The number of hydrogen-bond donors (Lipinski definition) is 2. The number of benzene rings is 1. The lowest BCUT2D eigenvalue weighted by molar-refractivity contribution is 0.0511. The lowest BCUT2D eigenvalue weighted by Crippen LogP contribution is -2.47. The summed E-state index contributed by atoms with van der Waals surface area (Å²) in [5, 5.41) is 6.45. The highest BCUT2D eigenvalue weighted by Crippen LogP contribution is 2.28. The third kappa shape index (κ3) is 6.84. The number of halogens is 1. The van der Waals surface area contributed by atoms with Crippen LogP contribution >= 0.6 is 12.4 Å². The molecule has 0 atom stereocenters. The van der Waals surface area contributed by atoms with Gasteiger partial charge in [-0.05, 0) is 50.0 Å². The van der Waals surface area contributed by atoms with Crippen LogP contribution in [0, 0.1) is 11.3 Å². The predicted octanol–water partition coefficient (Wildman–Crippen LogP) is 2.89. The topological polar surface area (TPSA) is 59.6 Å². The van der Waals surface area contributed by atoms with Crippen LogP contribution in [0.4, 0.5) is 0 Å². The van der Waals surface area contributed by atoms with E-state index >= 15 is 0 Å². The molecule has 1 fully saturated rings. The van der Waals surface area contributed by atoms with E-state index in [0.29, 0.717) is 31.2 Å². The first kappa shape index (κ1) is 21.7. The van der Waals surface area contributed by atoms with Gasteiger partial charge in [0.05, 0.1) is 13.2 Å². The Morgan fingerprint density at radius 1 is 1.32 bits per heavy atom. The van der Waals surface area contributed by atoms with Gasteiger partial charge in [-0.1, -0.05) is 19.9 Å². The van der Waals surface area contributed by atoms with Crippen molar-refractivity contribution in [3.8, 4) is 5.75 Å². The smallest absolute Gasteiger partial charge is 0.251 e. The molecule has 0 aliphatic carbocycles. The molecular weight excluding hydrogens is 340 g/mol. The molecule has 1 aliphatic heterocycles. The fraction of sp³-hybridized carbons (Fsp3) is 0.632. The molecule has 2 N–H and O–H groups in total. The molecule has 1 saturated heterocycles. The summed E-state index contributed by atoms with van der Waals surface area (Å²) in [5.74, 6) is 1.14. The number of nitrogens with one attached hydrogen (secondary N) is 2. The molecule has 0 bridgehead atoms. The first-order chi connectivity index (χ1) is 11.5. The molecule has 5 nitrogen and oxygen atoms in total. The van der Waals surface area contributed by atoms with Crippen LogP contribution in [-0.2, 0) is 4.74 Å². The summed E-state index contributed by atoms with van der Waals surface area (Å²) in [4.78, 5) is 12.5. The van der Waals surface area contributed by atoms with Crippen LogP contribution in [0.25, 0.3) is 0 Å². The fourth-order valence-electron chi connectivity index (χ4n) is 3.00. The van der Waals surface area contributed by atoms with Gasteiger partial charge < -0.3 is 20.1 Å². The summed E-state index contributed by atoms with van der Waals surface area (Å²) in [7, 11) is 1.72. The summed E-state index contributed by atoms with van der Waals surface area (Å²) in [6, 6.07) is 7.38. The third-order valence-corrected chi connectivity index (χ3v) is 4.42. The van der Waals surface area contributed by atoms with Crippen LogP contribution in [0.2, 0.25) is 0 Å². The molecule has 0 radical (unpaired) electrons. The SMILES string of the molecule is COCC1(CNC(=O)c2cccc(OCC(C)C)c2)CCNCC1.Cl. The zero-order chi connectivity index (χ0) is 17.4. The number of hydrogen-bond acceptors (Lipinski definition) is 4. The summed E-state index contributed by atoms with van der Waals surface area (Å²) < 4.78 is 11.1. The zero-order valence-corrected chi connectivity index (χ0v) is 16.3. The van der Waals surface area contributed by atoms with Crippen LogP contribution in [0.15, 0.2) is 24.3 Å². The largest absolute Gasteiger partial charge is 0.493 e. The number of piperidine rings is 1. The lowest BCUT2D eigenvalue weighted by atomic mass is 9.79. The Bertz CT molecular complexity index is 526. The van der Waals surface area contributed by atoms with Crippen LogP contribution in [0.1, 0.15) is 37.0 Å². The molecule has 1 heterocycles. The lowest BCUT2D eigenvalue weighted by Gasteiger charge is -2.37. The third-order valence-electron chi connectivity index (χ3n) is 4.42. The maximum absolute atomic E-state index is 12.5. The number of rotatable bonds is 8. The summed E-state index contributed by atoms with van der Waals surface area (Å²) >= 11 is 0. The minimum atomic E-state index is -0.0565. The van der Waals surface area contributed by atoms with E-state index in [-0.39, 0.29) is 23.7 Å². The number of ether oxygens (including phenoxy) is 2. The Balaban J connectivity index is 0.00000312. The highest BCUT2D eigenvalue weighted by Gasteiger charge is 2.32. The van der Waals surface area contributed by atoms with Crippen molar-refractivity contribution in [1.82, 2.24) is 10.6 Å². The van der Waals surface area contributed by atoms with Gasteiger partial charge in [0.25, 0.3) is 5.91 Å². The Labute approximate surface area is 157 Å². The van der Waals surface area contributed by atoms with Gasteiger partial charge >= 0.3 is 0 Å². The van der Waals surface area contributed by atoms with Crippen molar-refractivity contribution in [2.45, 2.75) is 26.7 Å². The molecule has 1 aliphatic rings. The van der Waals surface area contributed by atoms with Crippen molar-refractivity contribution in [3.63, 3.8) is 0 Å². The van der Waals surface area contributed by atoms with E-state index in [1.54, 1.807) is 7.11 Å². The average Bonchev–Trinajstić information content (AvgIpc) is 2.59. The minimum Gasteiger partial charge on any atom is -0.493 e. The molecule has 0 aromatic heterocycles. The van der Waals surface area contributed by atoms with Gasteiger partial charge in [-0.2, -0.15) is 0 Å². The van der Waals surface area contributed by atoms with E-state index in [0.717, 1.165) is 31.7 Å². The van der Waals surface area contributed by atoms with Crippen LogP contribution in [0.5, 0.6) is 5.75 Å². The summed E-state index contributed by atoms with van der Waals surface area (Å²) in [6.07, 6.45) is 2.03. The van der Waals surface area contributed by atoms with Gasteiger partial charge in [0.15, 0.2) is 0 Å². The van der Waals surface area contributed by atoms with Crippen molar-refractivity contribution < 1.29 is 14.3 Å². The highest BCUT2D eigenvalue weighted by atomic mass is 35.5. The normalized spacial score (nSPS) is 16.2. The summed E-state index contributed by atoms with van der Waals surface area (Å²) in [6.45, 7) is 8.10. The number of amides is 1. The van der Waals surface area contributed by atoms with E-state index in [1.807, 2.05) is 24.3 Å². The van der Waals surface area contributed by atoms with Crippen molar-refractivity contribution in [1.29, 1.82) is 0 Å². The molecule has 0 spiro atoms. The molecule has 6 heteroatoms. The second-order valence-corrected chi connectivity index (χ2v) is 7.10. The van der Waals surface area contributed by atoms with Crippen molar-refractivity contribution in [2.24, 2.45) is 11.3 Å². The fourth-order valence-corrected chi connectivity index (χ4v) is 3.00. The van der Waals surface area contributed by atoms with Crippen molar-refractivity contribution >= 4 is 18.3 Å². The number of carbonyl (C=O) groups is 1. The van der Waals surface area contributed by atoms with Crippen LogP contribution < -0.4 is 15.4 Å². The molecule has 0 unspecified atom stereocenters. The Kier molecular flexibility index (Phi) is 9.25. The standard InChI is InChI=1S/C19H30N2O3.ClH/c1-15(2)12-24-17-6-4-5-16(11-17)18(22)21-13-19(14-23-3)7-9-20-10-8-19;/h4-6,11,15,20H,7-10,12-14H2,1-3H3,(H,21,22);1H. The second kappa shape index (κ2) is 10.6. The highest BCUT2D eigenvalue weighted by molar-refractivity contribution is 5.94. The monoisotopic (exact) mass is 370 g/mol. The molecule has 2 rings (SSSR count). The second-order valence-electron chi connectivity index (χ2n) is 7.10. The average molecular weight is 371 g/mol. The van der Waals surface area contributed by atoms with Gasteiger partial charge in [0, 0.05) is 24.6 Å². The van der Waals surface area contributed by atoms with E-state index in [1.165, 1.54) is 0 Å². The Morgan fingerprint density at radius 3 is 2.68 bits per heavy atom. The summed E-state index contributed by atoms with van der Waals surface area (Å²) in [5.41, 5.74) is 0.666. The van der Waals surface area contributed by atoms with Gasteiger partial charge in [0.1, 0.15) is 5.75 Å². The Morgan fingerprint density at radius 2 is 2.04 bits per heavy atom. The molecule has 1 aromatic rings. The van der Waals surface area contributed by atoms with E-state index < -0.39 is 0 Å². The Hall–Kier alpha value is -1.30. The number of methoxy groups -OCH3 is 1. The first-order valence-electron chi connectivity index (χ1n) is 8.75. The van der Waals surface area contributed by atoms with Crippen LogP contribution in [-0.4, -0.2) is 45.9 Å². The number of carbonyl (C=O) groups excluding carboxylic acids is 1. The van der Waals surface area contributed by atoms with Gasteiger partial charge in [-0.3, -0.25) is 4.79 Å². The maximum Gasteiger partial charge on any atom is 0.251 e. The molecule has 1 aromatic carbocycles. The van der Waals surface area contributed by atoms with E-state index in [2.05, 4.69) is 24.5 Å². The maximum atomic E-state index is 12.5. The van der Waals surface area contributed by atoms with Crippen LogP contribution in [0.3, 0.4) is 0 Å². The zero-order valence-electron chi connectivity index (χ0n) is 15.5. The quantitative estimate of drug-likeness (QED) is 0.738. The molecule has 1 amide bonds. The minimum absolute atomic E-state index is 0. The van der Waals surface area contributed by atoms with Gasteiger partial charge in [-0.25, -0.2) is 0 Å². The van der Waals surface area contributed by atoms with Gasteiger partial charge in [0.2, 0.25) is 0 Å². The van der Waals surface area contributed by atoms with E-state index in [4.69, 9.17) is 9.47 Å². The van der Waals surface area contributed by atoms with Crippen molar-refractivity contribution in [2.75, 3.05) is 40.0 Å². The first-order valence-corrected chi connectivity index (χ1v) is 8.75. The predicted molar refractivity (Wildman–Crippen MR) is 103 cm³/mol. The molecular formula is C19H31ClN2O3. The van der Waals surface area contributed by atoms with E-state index in [9.17, 15) is 4.79 Å². The molecule has 142 valence electrons.